The van der Waals surface area contributed by atoms with E-state index in [9.17, 15) is 0 Å². The lowest BCUT2D eigenvalue weighted by atomic mass is 10.2. The van der Waals surface area contributed by atoms with Crippen molar-refractivity contribution >= 4 is 11.6 Å². The highest BCUT2D eigenvalue weighted by atomic mass is 35.5. The quantitative estimate of drug-likeness (QED) is 0.585. The molecule has 1 heterocycles. The Morgan fingerprint density at radius 3 is 2.89 bits per heavy atom. The molecule has 1 aromatic rings. The first-order valence-electron chi connectivity index (χ1n) is 2.93. The fraction of sp³-hybridized carbons (Fsp3) is 0.286. The third-order valence-electron chi connectivity index (χ3n) is 1.24. The zero-order valence-electron chi connectivity index (χ0n) is 5.26. The molecule has 0 N–H and O–H groups in total. The first-order valence-corrected chi connectivity index (χ1v) is 3.30. The van der Waals surface area contributed by atoms with Crippen LogP contribution in [0.5, 0.6) is 0 Å². The highest BCUT2D eigenvalue weighted by Crippen LogP contribution is 2.12. The Kier molecular flexibility index (Phi) is 2.06. The molecular formula is C7H8ClN. The molecule has 0 aromatic carbocycles. The SMILES string of the molecule is CCc1ccncc1Cl. The summed E-state index contributed by atoms with van der Waals surface area (Å²) in [5, 5.41) is 0.764. The van der Waals surface area contributed by atoms with Gasteiger partial charge in [-0.2, -0.15) is 0 Å². The zero-order valence-corrected chi connectivity index (χ0v) is 6.02. The van der Waals surface area contributed by atoms with E-state index in [0.717, 1.165) is 17.0 Å². The van der Waals surface area contributed by atoms with E-state index in [1.54, 1.807) is 12.4 Å². The Hall–Kier alpha value is -0.560. The monoisotopic (exact) mass is 141 g/mol. The van der Waals surface area contributed by atoms with Gasteiger partial charge in [0.25, 0.3) is 0 Å². The van der Waals surface area contributed by atoms with Gasteiger partial charge in [-0.3, -0.25) is 4.98 Å². The summed E-state index contributed by atoms with van der Waals surface area (Å²) >= 11 is 5.76. The molecule has 0 amide bonds. The normalized spacial score (nSPS) is 9.56. The van der Waals surface area contributed by atoms with Crippen molar-refractivity contribution in [2.75, 3.05) is 0 Å². The summed E-state index contributed by atoms with van der Waals surface area (Å²) in [4.78, 5) is 3.86. The fourth-order valence-corrected chi connectivity index (χ4v) is 0.944. The second-order valence-corrected chi connectivity index (χ2v) is 2.23. The van der Waals surface area contributed by atoms with Crippen molar-refractivity contribution in [3.63, 3.8) is 0 Å². The summed E-state index contributed by atoms with van der Waals surface area (Å²) in [6, 6.07) is 1.93. The lowest BCUT2D eigenvalue weighted by molar-refractivity contribution is 1.12. The molecule has 0 saturated heterocycles. The first kappa shape index (κ1) is 6.56. The van der Waals surface area contributed by atoms with Crippen molar-refractivity contribution in [3.05, 3.63) is 29.0 Å². The van der Waals surface area contributed by atoms with Gasteiger partial charge < -0.3 is 0 Å². The summed E-state index contributed by atoms with van der Waals surface area (Å²) in [6.45, 7) is 2.07. The standard InChI is InChI=1S/C7H8ClN/c1-2-6-3-4-9-5-7(6)8/h3-5H,2H2,1H3. The topological polar surface area (TPSA) is 12.9 Å². The molecule has 0 saturated carbocycles. The van der Waals surface area contributed by atoms with Crippen molar-refractivity contribution in [1.82, 2.24) is 4.98 Å². The lowest BCUT2D eigenvalue weighted by Gasteiger charge is -1.95. The second kappa shape index (κ2) is 2.83. The molecule has 1 aromatic heterocycles. The van der Waals surface area contributed by atoms with Crippen LogP contribution in [-0.2, 0) is 6.42 Å². The molecular weight excluding hydrogens is 134 g/mol. The van der Waals surface area contributed by atoms with Crippen LogP contribution in [0.25, 0.3) is 0 Å². The molecule has 0 atom stereocenters. The van der Waals surface area contributed by atoms with Crippen LogP contribution in [0.2, 0.25) is 5.02 Å². The number of nitrogens with zero attached hydrogens (tertiary/aromatic N) is 1. The van der Waals surface area contributed by atoms with Gasteiger partial charge in [0, 0.05) is 12.4 Å². The number of pyridine rings is 1. The van der Waals surface area contributed by atoms with Crippen molar-refractivity contribution in [2.24, 2.45) is 0 Å². The molecule has 0 aliphatic rings. The minimum Gasteiger partial charge on any atom is -0.263 e. The molecule has 0 aliphatic heterocycles. The zero-order chi connectivity index (χ0) is 6.69. The third-order valence-corrected chi connectivity index (χ3v) is 1.58. The molecule has 0 spiro atoms. The second-order valence-electron chi connectivity index (χ2n) is 1.82. The van der Waals surface area contributed by atoms with Crippen molar-refractivity contribution < 1.29 is 0 Å². The number of hydrogen-bond donors (Lipinski definition) is 0. The summed E-state index contributed by atoms with van der Waals surface area (Å²) in [6.07, 6.45) is 4.40. The van der Waals surface area contributed by atoms with Gasteiger partial charge in [-0.15, -0.1) is 0 Å². The summed E-state index contributed by atoms with van der Waals surface area (Å²) < 4.78 is 0. The molecule has 1 nitrogen and oxygen atoms in total. The minimum atomic E-state index is 0.764. The van der Waals surface area contributed by atoms with Gasteiger partial charge in [0.15, 0.2) is 0 Å². The van der Waals surface area contributed by atoms with Crippen LogP contribution < -0.4 is 0 Å². The van der Waals surface area contributed by atoms with Gasteiger partial charge in [-0.1, -0.05) is 18.5 Å². The molecule has 0 aliphatic carbocycles. The molecule has 0 fully saturated rings. The van der Waals surface area contributed by atoms with Crippen LogP contribution in [0, 0.1) is 0 Å². The Bertz CT molecular complexity index is 198. The Labute approximate surface area is 59.7 Å². The van der Waals surface area contributed by atoms with Crippen LogP contribution >= 0.6 is 11.6 Å². The predicted molar refractivity (Wildman–Crippen MR) is 38.6 cm³/mol. The number of hydrogen-bond acceptors (Lipinski definition) is 1. The van der Waals surface area contributed by atoms with Gasteiger partial charge in [-0.05, 0) is 18.1 Å². The summed E-state index contributed by atoms with van der Waals surface area (Å²) in [7, 11) is 0. The van der Waals surface area contributed by atoms with Crippen LogP contribution in [0.15, 0.2) is 18.5 Å². The molecule has 9 heavy (non-hydrogen) atoms. The number of aromatic nitrogens is 1. The highest BCUT2D eigenvalue weighted by molar-refractivity contribution is 6.31. The van der Waals surface area contributed by atoms with E-state index in [-0.39, 0.29) is 0 Å². The van der Waals surface area contributed by atoms with Gasteiger partial charge >= 0.3 is 0 Å². The first-order chi connectivity index (χ1) is 4.34. The molecule has 2 heteroatoms. The number of halogens is 1. The maximum atomic E-state index is 5.76. The van der Waals surface area contributed by atoms with E-state index >= 15 is 0 Å². The van der Waals surface area contributed by atoms with E-state index in [0.29, 0.717) is 0 Å². The van der Waals surface area contributed by atoms with Gasteiger partial charge in [0.05, 0.1) is 5.02 Å². The number of aryl methyl sites for hydroxylation is 1. The van der Waals surface area contributed by atoms with Gasteiger partial charge in [0.1, 0.15) is 0 Å². The van der Waals surface area contributed by atoms with Crippen LogP contribution in [0.4, 0.5) is 0 Å². The van der Waals surface area contributed by atoms with E-state index in [1.165, 1.54) is 0 Å². The van der Waals surface area contributed by atoms with Crippen LogP contribution in [0.3, 0.4) is 0 Å². The maximum absolute atomic E-state index is 5.76. The molecule has 0 unspecified atom stereocenters. The van der Waals surface area contributed by atoms with E-state index in [1.807, 2.05) is 6.07 Å². The highest BCUT2D eigenvalue weighted by Gasteiger charge is 1.92. The maximum Gasteiger partial charge on any atom is 0.0621 e. The Morgan fingerprint density at radius 1 is 1.67 bits per heavy atom. The van der Waals surface area contributed by atoms with E-state index in [4.69, 9.17) is 11.6 Å². The average Bonchev–Trinajstić information content (AvgIpc) is 1.89. The Balaban J connectivity index is 3.01. The van der Waals surface area contributed by atoms with Crippen molar-refractivity contribution in [2.45, 2.75) is 13.3 Å². The molecule has 0 bridgehead atoms. The van der Waals surface area contributed by atoms with Gasteiger partial charge in [-0.25, -0.2) is 0 Å². The molecule has 48 valence electrons. The minimum absolute atomic E-state index is 0.764. The smallest absolute Gasteiger partial charge is 0.0621 e. The summed E-state index contributed by atoms with van der Waals surface area (Å²) in [5.74, 6) is 0. The molecule has 0 radical (unpaired) electrons. The fourth-order valence-electron chi connectivity index (χ4n) is 0.691. The molecule has 1 rings (SSSR count). The summed E-state index contributed by atoms with van der Waals surface area (Å²) in [5.41, 5.74) is 1.16. The lowest BCUT2D eigenvalue weighted by Crippen LogP contribution is -1.81. The Morgan fingerprint density at radius 2 is 2.44 bits per heavy atom. The van der Waals surface area contributed by atoms with E-state index < -0.39 is 0 Å². The van der Waals surface area contributed by atoms with Crippen molar-refractivity contribution in [3.8, 4) is 0 Å². The third kappa shape index (κ3) is 1.42. The predicted octanol–water partition coefficient (Wildman–Crippen LogP) is 2.30. The van der Waals surface area contributed by atoms with Gasteiger partial charge in [0.2, 0.25) is 0 Å². The number of rotatable bonds is 1. The van der Waals surface area contributed by atoms with Crippen molar-refractivity contribution in [1.29, 1.82) is 0 Å². The van der Waals surface area contributed by atoms with Crippen LogP contribution in [-0.4, -0.2) is 4.98 Å². The van der Waals surface area contributed by atoms with Crippen LogP contribution in [0.1, 0.15) is 12.5 Å². The average molecular weight is 142 g/mol. The van der Waals surface area contributed by atoms with E-state index in [2.05, 4.69) is 11.9 Å². The largest absolute Gasteiger partial charge is 0.263 e.